The molecule has 1 atom stereocenters. The molecule has 1 aliphatic rings. The normalized spacial score (nSPS) is 16.2. The number of thiophene rings is 1. The highest BCUT2D eigenvalue weighted by molar-refractivity contribution is 7.19. The molecule has 3 aromatic carbocycles. The zero-order valence-corrected chi connectivity index (χ0v) is 14.4. The van der Waals surface area contributed by atoms with E-state index < -0.39 is 0 Å². The average Bonchev–Trinajstić information content (AvgIpc) is 3.07. The standard InChI is InChI=1S/C23H16OS/c1-3-9-16(10-4-1)20-15-19-18-13-7-8-14-21(18)25-23(19)22(24-20)17-11-5-2-6-12-17/h1-15,22H. The molecule has 0 saturated carbocycles. The van der Waals surface area contributed by atoms with Crippen molar-refractivity contribution in [3.63, 3.8) is 0 Å². The number of benzene rings is 3. The Morgan fingerprint density at radius 2 is 1.40 bits per heavy atom. The molecular weight excluding hydrogens is 324 g/mol. The maximum absolute atomic E-state index is 6.49. The number of hydrogen-bond acceptors (Lipinski definition) is 2. The fourth-order valence-corrected chi connectivity index (χ4v) is 4.62. The predicted molar refractivity (Wildman–Crippen MR) is 106 cm³/mol. The summed E-state index contributed by atoms with van der Waals surface area (Å²) in [5.41, 5.74) is 3.60. The number of rotatable bonds is 2. The summed E-state index contributed by atoms with van der Waals surface area (Å²) in [4.78, 5) is 1.28. The second-order valence-electron chi connectivity index (χ2n) is 6.16. The molecule has 120 valence electrons. The fourth-order valence-electron chi connectivity index (χ4n) is 3.37. The highest BCUT2D eigenvalue weighted by Crippen LogP contribution is 2.46. The molecule has 1 nitrogen and oxygen atoms in total. The van der Waals surface area contributed by atoms with E-state index >= 15 is 0 Å². The topological polar surface area (TPSA) is 9.23 Å². The summed E-state index contributed by atoms with van der Waals surface area (Å²) < 4.78 is 7.79. The minimum atomic E-state index is -0.0613. The number of hydrogen-bond donors (Lipinski definition) is 0. The molecule has 0 amide bonds. The second-order valence-corrected chi connectivity index (χ2v) is 7.24. The zero-order chi connectivity index (χ0) is 16.6. The van der Waals surface area contributed by atoms with Gasteiger partial charge in [-0.25, -0.2) is 0 Å². The van der Waals surface area contributed by atoms with Gasteiger partial charge in [0.15, 0.2) is 6.10 Å². The lowest BCUT2D eigenvalue weighted by Crippen LogP contribution is -2.09. The molecule has 2 heteroatoms. The smallest absolute Gasteiger partial charge is 0.159 e. The Morgan fingerprint density at radius 3 is 2.20 bits per heavy atom. The van der Waals surface area contributed by atoms with Crippen LogP contribution in [0.1, 0.15) is 27.7 Å². The highest BCUT2D eigenvalue weighted by Gasteiger charge is 2.28. The van der Waals surface area contributed by atoms with Gasteiger partial charge in [-0.2, -0.15) is 0 Å². The monoisotopic (exact) mass is 340 g/mol. The Balaban J connectivity index is 1.75. The van der Waals surface area contributed by atoms with E-state index in [1.807, 2.05) is 23.5 Å². The van der Waals surface area contributed by atoms with Crippen molar-refractivity contribution < 1.29 is 4.74 Å². The van der Waals surface area contributed by atoms with Crippen molar-refractivity contribution in [1.29, 1.82) is 0 Å². The van der Waals surface area contributed by atoms with E-state index in [2.05, 4.69) is 78.9 Å². The Bertz CT molecular complexity index is 1060. The van der Waals surface area contributed by atoms with Crippen LogP contribution in [0.2, 0.25) is 0 Å². The molecule has 0 N–H and O–H groups in total. The summed E-state index contributed by atoms with van der Waals surface area (Å²) >= 11 is 1.83. The van der Waals surface area contributed by atoms with Crippen molar-refractivity contribution in [3.05, 3.63) is 106 Å². The van der Waals surface area contributed by atoms with E-state index in [0.29, 0.717) is 0 Å². The quantitative estimate of drug-likeness (QED) is 0.404. The van der Waals surface area contributed by atoms with Gasteiger partial charge < -0.3 is 4.74 Å². The molecule has 5 rings (SSSR count). The number of ether oxygens (including phenoxy) is 1. The van der Waals surface area contributed by atoms with Gasteiger partial charge in [-0.1, -0.05) is 78.9 Å². The van der Waals surface area contributed by atoms with Gasteiger partial charge in [0.25, 0.3) is 0 Å². The average molecular weight is 340 g/mol. The van der Waals surface area contributed by atoms with E-state index in [-0.39, 0.29) is 6.10 Å². The summed E-state index contributed by atoms with van der Waals surface area (Å²) in [6.07, 6.45) is 2.14. The van der Waals surface area contributed by atoms with Crippen molar-refractivity contribution in [2.45, 2.75) is 6.10 Å². The van der Waals surface area contributed by atoms with Gasteiger partial charge >= 0.3 is 0 Å². The van der Waals surface area contributed by atoms with E-state index in [1.54, 1.807) is 0 Å². The predicted octanol–water partition coefficient (Wildman–Crippen LogP) is 6.52. The van der Waals surface area contributed by atoms with E-state index in [0.717, 1.165) is 11.3 Å². The lowest BCUT2D eigenvalue weighted by Gasteiger charge is -2.25. The molecule has 0 aliphatic carbocycles. The maximum atomic E-state index is 6.49. The van der Waals surface area contributed by atoms with E-state index in [1.165, 1.54) is 26.1 Å². The Kier molecular flexibility index (Phi) is 3.43. The van der Waals surface area contributed by atoms with Gasteiger partial charge in [-0.15, -0.1) is 11.3 Å². The summed E-state index contributed by atoms with van der Waals surface area (Å²) in [6.45, 7) is 0. The molecule has 0 radical (unpaired) electrons. The third-order valence-electron chi connectivity index (χ3n) is 4.58. The Morgan fingerprint density at radius 1 is 0.720 bits per heavy atom. The SMILES string of the molecule is C1=C(c2ccccc2)OC(c2ccccc2)c2sc3ccccc3c21. The Hall–Kier alpha value is -2.84. The van der Waals surface area contributed by atoms with Crippen LogP contribution in [0.15, 0.2) is 84.9 Å². The molecule has 0 spiro atoms. The molecule has 25 heavy (non-hydrogen) atoms. The minimum Gasteiger partial charge on any atom is -0.479 e. The van der Waals surface area contributed by atoms with Crippen molar-refractivity contribution in [2.75, 3.05) is 0 Å². The second kappa shape index (κ2) is 5.91. The van der Waals surface area contributed by atoms with Gasteiger partial charge in [0, 0.05) is 21.2 Å². The first-order valence-electron chi connectivity index (χ1n) is 8.40. The van der Waals surface area contributed by atoms with Crippen molar-refractivity contribution in [1.82, 2.24) is 0 Å². The van der Waals surface area contributed by atoms with Gasteiger partial charge in [0.05, 0.1) is 4.88 Å². The highest BCUT2D eigenvalue weighted by atomic mass is 32.1. The molecule has 1 aromatic heterocycles. The van der Waals surface area contributed by atoms with Crippen LogP contribution in [0.4, 0.5) is 0 Å². The molecule has 0 saturated heterocycles. The van der Waals surface area contributed by atoms with Crippen molar-refractivity contribution in [2.24, 2.45) is 0 Å². The first-order valence-corrected chi connectivity index (χ1v) is 9.22. The van der Waals surface area contributed by atoms with Crippen LogP contribution in [-0.4, -0.2) is 0 Å². The van der Waals surface area contributed by atoms with Crippen LogP contribution < -0.4 is 0 Å². The summed E-state index contributed by atoms with van der Waals surface area (Å²) in [7, 11) is 0. The molecule has 1 unspecified atom stereocenters. The lowest BCUT2D eigenvalue weighted by molar-refractivity contribution is 0.209. The first-order chi connectivity index (χ1) is 12.4. The molecule has 4 aromatic rings. The summed E-state index contributed by atoms with van der Waals surface area (Å²) in [5, 5.41) is 1.31. The number of fused-ring (bicyclic) bond motifs is 3. The van der Waals surface area contributed by atoms with Crippen LogP contribution in [0.3, 0.4) is 0 Å². The maximum Gasteiger partial charge on any atom is 0.159 e. The van der Waals surface area contributed by atoms with Gasteiger partial charge in [-0.3, -0.25) is 0 Å². The van der Waals surface area contributed by atoms with Crippen LogP contribution in [0, 0.1) is 0 Å². The van der Waals surface area contributed by atoms with E-state index in [9.17, 15) is 0 Å². The third kappa shape index (κ3) is 2.46. The molecule has 0 fully saturated rings. The van der Waals surface area contributed by atoms with E-state index in [4.69, 9.17) is 4.74 Å². The van der Waals surface area contributed by atoms with Crippen LogP contribution >= 0.6 is 11.3 Å². The molecule has 0 bridgehead atoms. The van der Waals surface area contributed by atoms with Gasteiger partial charge in [0.1, 0.15) is 5.76 Å². The van der Waals surface area contributed by atoms with Gasteiger partial charge in [-0.05, 0) is 17.7 Å². The largest absolute Gasteiger partial charge is 0.479 e. The van der Waals surface area contributed by atoms with Crippen LogP contribution in [-0.2, 0) is 4.74 Å². The van der Waals surface area contributed by atoms with Crippen LogP contribution in [0.5, 0.6) is 0 Å². The molecule has 2 heterocycles. The lowest BCUT2D eigenvalue weighted by atomic mass is 9.98. The molecule has 1 aliphatic heterocycles. The van der Waals surface area contributed by atoms with Crippen molar-refractivity contribution in [3.8, 4) is 0 Å². The van der Waals surface area contributed by atoms with Crippen LogP contribution in [0.25, 0.3) is 21.9 Å². The summed E-state index contributed by atoms with van der Waals surface area (Å²) in [6, 6.07) is 29.4. The summed E-state index contributed by atoms with van der Waals surface area (Å²) in [5.74, 6) is 0.936. The third-order valence-corrected chi connectivity index (χ3v) is 5.81. The first kappa shape index (κ1) is 14.5. The zero-order valence-electron chi connectivity index (χ0n) is 13.6. The van der Waals surface area contributed by atoms with Gasteiger partial charge in [0.2, 0.25) is 0 Å². The molecular formula is C23H16OS. The minimum absolute atomic E-state index is 0.0613. The van der Waals surface area contributed by atoms with Crippen molar-refractivity contribution >= 4 is 33.3 Å². The fraction of sp³-hybridized carbons (Fsp3) is 0.0435. The Labute approximate surface area is 150 Å².